The van der Waals surface area contributed by atoms with Gasteiger partial charge < -0.3 is 15.2 Å². The van der Waals surface area contributed by atoms with Crippen LogP contribution in [0.5, 0.6) is 11.5 Å². The largest absolute Gasteiger partial charge is 0.504 e. The van der Waals surface area contributed by atoms with Crippen molar-refractivity contribution in [2.45, 2.75) is 6.92 Å². The van der Waals surface area contributed by atoms with E-state index in [1.165, 1.54) is 12.3 Å². The van der Waals surface area contributed by atoms with Crippen molar-refractivity contribution in [2.24, 2.45) is 5.10 Å². The molecule has 0 heterocycles. The number of phenolic OH excluding ortho intramolecular Hbond substituents is 1. The lowest BCUT2D eigenvalue weighted by Crippen LogP contribution is -2.25. The molecule has 3 aromatic carbocycles. The zero-order valence-electron chi connectivity index (χ0n) is 15.0. The van der Waals surface area contributed by atoms with Crippen LogP contribution in [0, 0.1) is 0 Å². The van der Waals surface area contributed by atoms with E-state index in [-0.39, 0.29) is 18.2 Å². The van der Waals surface area contributed by atoms with E-state index < -0.39 is 0 Å². The number of carbonyl (C=O) groups excluding carboxylic acids is 1. The number of hydrogen-bond acceptors (Lipinski definition) is 5. The van der Waals surface area contributed by atoms with Gasteiger partial charge in [0.25, 0.3) is 5.91 Å². The Labute approximate surface area is 157 Å². The molecule has 0 aromatic heterocycles. The molecule has 0 saturated heterocycles. The van der Waals surface area contributed by atoms with E-state index in [0.29, 0.717) is 17.9 Å². The number of benzene rings is 3. The molecule has 138 valence electrons. The van der Waals surface area contributed by atoms with Crippen molar-refractivity contribution in [1.82, 2.24) is 5.43 Å². The highest BCUT2D eigenvalue weighted by Gasteiger charge is 2.03. The number of carbonyl (C=O) groups is 1. The molecule has 0 bridgehead atoms. The van der Waals surface area contributed by atoms with Crippen LogP contribution in [0.1, 0.15) is 12.5 Å². The average Bonchev–Trinajstić information content (AvgIpc) is 2.69. The summed E-state index contributed by atoms with van der Waals surface area (Å²) in [4.78, 5) is 11.9. The van der Waals surface area contributed by atoms with Crippen LogP contribution in [0.15, 0.2) is 65.8 Å². The number of anilines is 1. The maximum Gasteiger partial charge on any atom is 0.259 e. The van der Waals surface area contributed by atoms with Crippen molar-refractivity contribution in [3.8, 4) is 11.5 Å². The zero-order valence-corrected chi connectivity index (χ0v) is 15.0. The minimum atomic E-state index is -0.261. The van der Waals surface area contributed by atoms with Gasteiger partial charge in [-0.15, -0.1) is 0 Å². The maximum absolute atomic E-state index is 11.9. The molecular formula is C21H21N3O3. The van der Waals surface area contributed by atoms with Gasteiger partial charge in [-0.2, -0.15) is 5.10 Å². The maximum atomic E-state index is 11.9. The Balaban J connectivity index is 1.53. The fourth-order valence-electron chi connectivity index (χ4n) is 2.58. The van der Waals surface area contributed by atoms with E-state index in [1.54, 1.807) is 12.1 Å². The van der Waals surface area contributed by atoms with Gasteiger partial charge in [0, 0.05) is 5.69 Å². The van der Waals surface area contributed by atoms with E-state index in [9.17, 15) is 9.90 Å². The molecule has 0 spiro atoms. The number of hydrogen-bond donors (Lipinski definition) is 3. The smallest absolute Gasteiger partial charge is 0.259 e. The Kier molecular flexibility index (Phi) is 5.89. The van der Waals surface area contributed by atoms with Crippen LogP contribution in [-0.2, 0) is 4.79 Å². The summed E-state index contributed by atoms with van der Waals surface area (Å²) in [6, 6.07) is 18.8. The van der Waals surface area contributed by atoms with Crippen LogP contribution in [0.2, 0.25) is 0 Å². The van der Waals surface area contributed by atoms with E-state index in [0.717, 1.165) is 16.5 Å². The monoisotopic (exact) mass is 363 g/mol. The zero-order chi connectivity index (χ0) is 19.1. The van der Waals surface area contributed by atoms with E-state index in [4.69, 9.17) is 4.74 Å². The van der Waals surface area contributed by atoms with Crippen molar-refractivity contribution >= 4 is 28.6 Å². The molecule has 3 rings (SSSR count). The number of nitrogens with one attached hydrogen (secondary N) is 2. The van der Waals surface area contributed by atoms with E-state index in [2.05, 4.69) is 15.8 Å². The van der Waals surface area contributed by atoms with E-state index in [1.807, 2.05) is 49.4 Å². The first-order chi connectivity index (χ1) is 13.2. The Morgan fingerprint density at radius 1 is 1.11 bits per heavy atom. The molecule has 0 atom stereocenters. The first-order valence-electron chi connectivity index (χ1n) is 8.66. The van der Waals surface area contributed by atoms with Gasteiger partial charge in [-0.25, -0.2) is 5.43 Å². The summed E-state index contributed by atoms with van der Waals surface area (Å²) in [7, 11) is 0. The van der Waals surface area contributed by atoms with Gasteiger partial charge in [-0.1, -0.05) is 30.3 Å². The second-order valence-electron chi connectivity index (χ2n) is 5.87. The lowest BCUT2D eigenvalue weighted by molar-refractivity contribution is -0.119. The summed E-state index contributed by atoms with van der Waals surface area (Å²) in [5.41, 5.74) is 4.05. The molecule has 3 N–H and O–H groups in total. The van der Waals surface area contributed by atoms with Crippen molar-refractivity contribution in [2.75, 3.05) is 18.5 Å². The standard InChI is InChI=1S/C21H21N3O3/c1-2-27-20-11-15(7-10-19(20)25)13-23-24-21(26)14-22-18-9-8-16-5-3-4-6-17(16)12-18/h3-13,22,25H,2,14H2,1H3,(H,24,26)/b23-13+. The second kappa shape index (κ2) is 8.71. The van der Waals surface area contributed by atoms with Gasteiger partial charge in [0.05, 0.1) is 19.4 Å². The Hall–Kier alpha value is -3.54. The molecule has 0 aliphatic heterocycles. The number of rotatable bonds is 7. The fraction of sp³-hybridized carbons (Fsp3) is 0.143. The topological polar surface area (TPSA) is 83.0 Å². The summed E-state index contributed by atoms with van der Waals surface area (Å²) < 4.78 is 5.31. The third-order valence-electron chi connectivity index (χ3n) is 3.89. The van der Waals surface area contributed by atoms with Crippen LogP contribution in [0.3, 0.4) is 0 Å². The number of nitrogens with zero attached hydrogens (tertiary/aromatic N) is 1. The van der Waals surface area contributed by atoms with Crippen molar-refractivity contribution in [3.05, 3.63) is 66.2 Å². The van der Waals surface area contributed by atoms with Crippen LogP contribution >= 0.6 is 0 Å². The first kappa shape index (κ1) is 18.3. The number of aromatic hydroxyl groups is 1. The predicted octanol–water partition coefficient (Wildman–Crippen LogP) is 3.51. The minimum absolute atomic E-state index is 0.0672. The molecule has 3 aromatic rings. The van der Waals surface area contributed by atoms with Crippen molar-refractivity contribution < 1.29 is 14.6 Å². The van der Waals surface area contributed by atoms with Gasteiger partial charge in [-0.3, -0.25) is 4.79 Å². The lowest BCUT2D eigenvalue weighted by Gasteiger charge is -2.07. The second-order valence-corrected chi connectivity index (χ2v) is 5.87. The molecule has 0 fully saturated rings. The minimum Gasteiger partial charge on any atom is -0.504 e. The summed E-state index contributed by atoms with van der Waals surface area (Å²) in [5, 5.41) is 18.9. The quantitative estimate of drug-likeness (QED) is 0.443. The van der Waals surface area contributed by atoms with Gasteiger partial charge in [0.2, 0.25) is 0 Å². The molecular weight excluding hydrogens is 342 g/mol. The van der Waals surface area contributed by atoms with Crippen molar-refractivity contribution in [3.63, 3.8) is 0 Å². The number of hydrazone groups is 1. The van der Waals surface area contributed by atoms with Gasteiger partial charge in [0.1, 0.15) is 0 Å². The highest BCUT2D eigenvalue weighted by molar-refractivity contribution is 5.87. The lowest BCUT2D eigenvalue weighted by atomic mass is 10.1. The molecule has 0 radical (unpaired) electrons. The highest BCUT2D eigenvalue weighted by atomic mass is 16.5. The molecule has 0 saturated carbocycles. The summed E-state index contributed by atoms with van der Waals surface area (Å²) in [6.45, 7) is 2.39. The van der Waals surface area contributed by atoms with Gasteiger partial charge in [-0.05, 0) is 53.6 Å². The molecule has 0 aliphatic rings. The van der Waals surface area contributed by atoms with Crippen LogP contribution in [0.25, 0.3) is 10.8 Å². The number of ether oxygens (including phenoxy) is 1. The predicted molar refractivity (Wildman–Crippen MR) is 107 cm³/mol. The Bertz CT molecular complexity index is 970. The van der Waals surface area contributed by atoms with Gasteiger partial charge in [0.15, 0.2) is 11.5 Å². The normalized spacial score (nSPS) is 10.9. The molecule has 6 heteroatoms. The van der Waals surface area contributed by atoms with Gasteiger partial charge >= 0.3 is 0 Å². The third-order valence-corrected chi connectivity index (χ3v) is 3.89. The third kappa shape index (κ3) is 4.98. The number of fused-ring (bicyclic) bond motifs is 1. The average molecular weight is 363 g/mol. The summed E-state index contributed by atoms with van der Waals surface area (Å²) in [6.07, 6.45) is 1.50. The molecule has 27 heavy (non-hydrogen) atoms. The molecule has 6 nitrogen and oxygen atoms in total. The first-order valence-corrected chi connectivity index (χ1v) is 8.66. The van der Waals surface area contributed by atoms with Crippen molar-refractivity contribution in [1.29, 1.82) is 0 Å². The molecule has 1 amide bonds. The fourth-order valence-corrected chi connectivity index (χ4v) is 2.58. The highest BCUT2D eigenvalue weighted by Crippen LogP contribution is 2.26. The SMILES string of the molecule is CCOc1cc(/C=N/NC(=O)CNc2ccc3ccccc3c2)ccc1O. The number of phenols is 1. The summed E-state index contributed by atoms with van der Waals surface area (Å²) in [5.74, 6) is 0.187. The van der Waals surface area contributed by atoms with Crippen LogP contribution < -0.4 is 15.5 Å². The summed E-state index contributed by atoms with van der Waals surface area (Å²) >= 11 is 0. The van der Waals surface area contributed by atoms with Crippen LogP contribution in [-0.4, -0.2) is 30.4 Å². The van der Waals surface area contributed by atoms with Crippen LogP contribution in [0.4, 0.5) is 5.69 Å². The molecule has 0 unspecified atom stereocenters. The number of amides is 1. The Morgan fingerprint density at radius 2 is 1.93 bits per heavy atom. The Morgan fingerprint density at radius 3 is 2.74 bits per heavy atom. The molecule has 0 aliphatic carbocycles. The van der Waals surface area contributed by atoms with E-state index >= 15 is 0 Å².